The molecule has 2 amide bonds. The van der Waals surface area contributed by atoms with Crippen LogP contribution in [0.15, 0.2) is 0 Å². The fourth-order valence-electron chi connectivity index (χ4n) is 3.54. The van der Waals surface area contributed by atoms with Crippen molar-refractivity contribution in [2.45, 2.75) is 46.5 Å². The molecule has 0 aliphatic heterocycles. The van der Waals surface area contributed by atoms with Gasteiger partial charge in [0.2, 0.25) is 0 Å². The molecule has 0 spiro atoms. The SMILES string of the molecule is CCOC(=O)c1c(NC(=O)C(=O)NCC(C)(C)CN(C)C)sc2c1CCCC2. The van der Waals surface area contributed by atoms with E-state index in [1.54, 1.807) is 6.92 Å². The molecular formula is C20H31N3O4S. The molecule has 0 fully saturated rings. The van der Waals surface area contributed by atoms with E-state index in [2.05, 4.69) is 10.6 Å². The monoisotopic (exact) mass is 409 g/mol. The number of nitrogens with zero attached hydrogens (tertiary/aromatic N) is 1. The van der Waals surface area contributed by atoms with E-state index >= 15 is 0 Å². The van der Waals surface area contributed by atoms with Crippen molar-refractivity contribution in [3.05, 3.63) is 16.0 Å². The number of thiophene rings is 1. The van der Waals surface area contributed by atoms with Gasteiger partial charge < -0.3 is 20.3 Å². The van der Waals surface area contributed by atoms with Gasteiger partial charge in [-0.15, -0.1) is 11.3 Å². The van der Waals surface area contributed by atoms with Crippen molar-refractivity contribution in [2.75, 3.05) is 39.1 Å². The zero-order valence-corrected chi connectivity index (χ0v) is 18.3. The highest BCUT2D eigenvalue weighted by Crippen LogP contribution is 2.38. The van der Waals surface area contributed by atoms with E-state index in [1.807, 2.05) is 32.8 Å². The Morgan fingerprint density at radius 2 is 1.82 bits per heavy atom. The van der Waals surface area contributed by atoms with Gasteiger partial charge in [-0.05, 0) is 57.7 Å². The summed E-state index contributed by atoms with van der Waals surface area (Å²) < 4.78 is 5.18. The van der Waals surface area contributed by atoms with Gasteiger partial charge in [-0.1, -0.05) is 13.8 Å². The maximum atomic E-state index is 12.4. The highest BCUT2D eigenvalue weighted by atomic mass is 32.1. The molecule has 1 heterocycles. The summed E-state index contributed by atoms with van der Waals surface area (Å²) in [5, 5.41) is 5.75. The predicted molar refractivity (Wildman–Crippen MR) is 111 cm³/mol. The quantitative estimate of drug-likeness (QED) is 0.533. The first-order valence-corrected chi connectivity index (χ1v) is 10.5. The van der Waals surface area contributed by atoms with Crippen molar-refractivity contribution < 1.29 is 19.1 Å². The van der Waals surface area contributed by atoms with Crippen LogP contribution in [0.25, 0.3) is 0 Å². The van der Waals surface area contributed by atoms with Gasteiger partial charge in [0.05, 0.1) is 12.2 Å². The van der Waals surface area contributed by atoms with Crippen LogP contribution in [0, 0.1) is 5.41 Å². The minimum absolute atomic E-state index is 0.169. The summed E-state index contributed by atoms with van der Waals surface area (Å²) in [7, 11) is 3.93. The number of aryl methyl sites for hydroxylation is 1. The van der Waals surface area contributed by atoms with E-state index in [9.17, 15) is 14.4 Å². The third-order valence-electron chi connectivity index (χ3n) is 4.56. The van der Waals surface area contributed by atoms with E-state index in [0.717, 1.165) is 42.7 Å². The second-order valence-electron chi connectivity index (χ2n) is 8.17. The molecule has 0 atom stereocenters. The van der Waals surface area contributed by atoms with Gasteiger partial charge in [0, 0.05) is 18.0 Å². The van der Waals surface area contributed by atoms with Crippen LogP contribution in [0.5, 0.6) is 0 Å². The first-order valence-electron chi connectivity index (χ1n) is 9.70. The molecule has 1 aromatic heterocycles. The summed E-state index contributed by atoms with van der Waals surface area (Å²) >= 11 is 1.37. The van der Waals surface area contributed by atoms with Crippen molar-refractivity contribution in [3.8, 4) is 0 Å². The van der Waals surface area contributed by atoms with Crippen molar-refractivity contribution >= 4 is 34.1 Å². The highest BCUT2D eigenvalue weighted by molar-refractivity contribution is 7.17. The molecule has 2 N–H and O–H groups in total. The summed E-state index contributed by atoms with van der Waals surface area (Å²) in [5.41, 5.74) is 1.20. The van der Waals surface area contributed by atoms with Crippen LogP contribution < -0.4 is 10.6 Å². The Balaban J connectivity index is 2.09. The number of carbonyl (C=O) groups is 3. The summed E-state index contributed by atoms with van der Waals surface area (Å²) in [6.45, 7) is 7.22. The smallest absolute Gasteiger partial charge is 0.341 e. The number of nitrogens with one attached hydrogen (secondary N) is 2. The number of esters is 1. The lowest BCUT2D eigenvalue weighted by molar-refractivity contribution is -0.136. The van der Waals surface area contributed by atoms with E-state index in [4.69, 9.17) is 4.74 Å². The molecule has 0 saturated heterocycles. The van der Waals surface area contributed by atoms with E-state index in [-0.39, 0.29) is 12.0 Å². The maximum absolute atomic E-state index is 12.4. The van der Waals surface area contributed by atoms with Crippen LogP contribution in [0.1, 0.15) is 54.4 Å². The standard InChI is InChI=1S/C20H31N3O4S/c1-6-27-19(26)15-13-9-7-8-10-14(13)28-18(15)22-17(25)16(24)21-11-20(2,3)12-23(4)5/h6-12H2,1-5H3,(H,21,24)(H,22,25). The summed E-state index contributed by atoms with van der Waals surface area (Å²) in [6, 6.07) is 0. The van der Waals surface area contributed by atoms with Gasteiger partial charge in [-0.3, -0.25) is 9.59 Å². The topological polar surface area (TPSA) is 87.7 Å². The fourth-order valence-corrected chi connectivity index (χ4v) is 4.82. The third-order valence-corrected chi connectivity index (χ3v) is 5.76. The van der Waals surface area contributed by atoms with Gasteiger partial charge >= 0.3 is 17.8 Å². The third kappa shape index (κ3) is 5.78. The number of hydrogen-bond acceptors (Lipinski definition) is 6. The van der Waals surface area contributed by atoms with Gasteiger partial charge in [-0.2, -0.15) is 0 Å². The first-order chi connectivity index (χ1) is 13.1. The fraction of sp³-hybridized carbons (Fsp3) is 0.650. The van der Waals surface area contributed by atoms with Crippen LogP contribution in [0.4, 0.5) is 5.00 Å². The molecule has 8 heteroatoms. The van der Waals surface area contributed by atoms with Gasteiger partial charge in [0.15, 0.2) is 0 Å². The predicted octanol–water partition coefficient (Wildman–Crippen LogP) is 2.45. The molecule has 156 valence electrons. The van der Waals surface area contributed by atoms with Crippen LogP contribution in [0.2, 0.25) is 0 Å². The number of fused-ring (bicyclic) bond motifs is 1. The van der Waals surface area contributed by atoms with Crippen molar-refractivity contribution in [2.24, 2.45) is 5.41 Å². The van der Waals surface area contributed by atoms with E-state index in [1.165, 1.54) is 11.3 Å². The minimum Gasteiger partial charge on any atom is -0.462 e. The second kappa shape index (κ2) is 9.52. The average Bonchev–Trinajstić information content (AvgIpc) is 2.96. The highest BCUT2D eigenvalue weighted by Gasteiger charge is 2.29. The van der Waals surface area contributed by atoms with Gasteiger partial charge in [-0.25, -0.2) is 4.79 Å². The molecule has 0 radical (unpaired) electrons. The Morgan fingerprint density at radius 3 is 2.46 bits per heavy atom. The lowest BCUT2D eigenvalue weighted by atomic mass is 9.93. The summed E-state index contributed by atoms with van der Waals surface area (Å²) in [5.74, 6) is -1.90. The molecule has 0 aromatic carbocycles. The van der Waals surface area contributed by atoms with Crippen molar-refractivity contribution in [1.82, 2.24) is 10.2 Å². The normalized spacial score (nSPS) is 13.8. The molecule has 7 nitrogen and oxygen atoms in total. The average molecular weight is 410 g/mol. The molecule has 2 rings (SSSR count). The minimum atomic E-state index is -0.759. The molecule has 28 heavy (non-hydrogen) atoms. The summed E-state index contributed by atoms with van der Waals surface area (Å²) in [4.78, 5) is 40.3. The number of amides is 2. The molecule has 0 saturated carbocycles. The molecule has 1 aromatic rings. The molecule has 0 bridgehead atoms. The van der Waals surface area contributed by atoms with Crippen molar-refractivity contribution in [3.63, 3.8) is 0 Å². The van der Waals surface area contributed by atoms with E-state index < -0.39 is 17.8 Å². The molecule has 1 aliphatic rings. The molecular weight excluding hydrogens is 378 g/mol. The zero-order valence-electron chi connectivity index (χ0n) is 17.4. The number of anilines is 1. The lowest BCUT2D eigenvalue weighted by Gasteiger charge is -2.28. The van der Waals surface area contributed by atoms with Gasteiger partial charge in [0.1, 0.15) is 5.00 Å². The van der Waals surface area contributed by atoms with Crippen LogP contribution >= 0.6 is 11.3 Å². The van der Waals surface area contributed by atoms with Gasteiger partial charge in [0.25, 0.3) is 0 Å². The lowest BCUT2D eigenvalue weighted by Crippen LogP contribution is -2.43. The van der Waals surface area contributed by atoms with E-state index in [0.29, 0.717) is 17.1 Å². The summed E-state index contributed by atoms with van der Waals surface area (Å²) in [6.07, 6.45) is 3.74. The Hall–Kier alpha value is -1.93. The Labute approximate surface area is 170 Å². The number of carbonyl (C=O) groups excluding carboxylic acids is 3. The molecule has 0 unspecified atom stereocenters. The molecule has 1 aliphatic carbocycles. The van der Waals surface area contributed by atoms with Crippen LogP contribution in [-0.4, -0.2) is 56.5 Å². The zero-order chi connectivity index (χ0) is 20.9. The maximum Gasteiger partial charge on any atom is 0.341 e. The Bertz CT molecular complexity index is 740. The second-order valence-corrected chi connectivity index (χ2v) is 9.28. The number of ether oxygens (including phenoxy) is 1. The Kier molecular flexibility index (Phi) is 7.60. The number of rotatable bonds is 7. The van der Waals surface area contributed by atoms with Crippen LogP contribution in [0.3, 0.4) is 0 Å². The largest absolute Gasteiger partial charge is 0.462 e. The van der Waals surface area contributed by atoms with Crippen molar-refractivity contribution in [1.29, 1.82) is 0 Å². The first kappa shape index (κ1) is 22.4. The number of hydrogen-bond donors (Lipinski definition) is 2. The van der Waals surface area contributed by atoms with Crippen LogP contribution in [-0.2, 0) is 27.2 Å². The Morgan fingerprint density at radius 1 is 1.14 bits per heavy atom.